The second-order valence-electron chi connectivity index (χ2n) is 2.70. The molecule has 0 saturated heterocycles. The topological polar surface area (TPSA) is 34.9 Å². The molecule has 0 unspecified atom stereocenters. The predicted octanol–water partition coefficient (Wildman–Crippen LogP) is 1.50. The van der Waals surface area contributed by atoms with Gasteiger partial charge in [0.1, 0.15) is 0 Å². The third kappa shape index (κ3) is 1.04. The first kappa shape index (κ1) is 8.08. The molecular formula is C7H6Cl2N2O. The maximum atomic E-state index is 11.3. The molecule has 0 aromatic carbocycles. The Hall–Kier alpha value is -0.540. The molecule has 0 saturated carbocycles. The summed E-state index contributed by atoms with van der Waals surface area (Å²) in [5.74, 6) is 0. The molecule has 2 heterocycles. The highest BCUT2D eigenvalue weighted by molar-refractivity contribution is 6.32. The average molecular weight is 205 g/mol. The summed E-state index contributed by atoms with van der Waals surface area (Å²) in [5.41, 5.74) is 0.583. The van der Waals surface area contributed by atoms with Crippen molar-refractivity contribution < 1.29 is 0 Å². The van der Waals surface area contributed by atoms with E-state index in [2.05, 4.69) is 4.98 Å². The molecule has 12 heavy (non-hydrogen) atoms. The van der Waals surface area contributed by atoms with Crippen LogP contribution in [0.1, 0.15) is 12.1 Å². The fourth-order valence-corrected chi connectivity index (χ4v) is 1.93. The molecule has 1 aromatic rings. The van der Waals surface area contributed by atoms with Crippen LogP contribution in [-0.2, 0) is 13.0 Å². The van der Waals surface area contributed by atoms with Gasteiger partial charge in [0, 0.05) is 6.54 Å². The van der Waals surface area contributed by atoms with Crippen LogP contribution in [0.3, 0.4) is 0 Å². The lowest BCUT2D eigenvalue weighted by molar-refractivity contribution is 0.715. The summed E-state index contributed by atoms with van der Waals surface area (Å²) < 4.78 is 1.59. The van der Waals surface area contributed by atoms with Crippen LogP contribution in [0.15, 0.2) is 4.79 Å². The van der Waals surface area contributed by atoms with Gasteiger partial charge in [0.05, 0.1) is 5.69 Å². The van der Waals surface area contributed by atoms with Crippen LogP contribution in [0.2, 0.25) is 10.3 Å². The summed E-state index contributed by atoms with van der Waals surface area (Å²) in [7, 11) is 0. The Balaban J connectivity index is 2.78. The van der Waals surface area contributed by atoms with Crippen LogP contribution >= 0.6 is 23.2 Å². The van der Waals surface area contributed by atoms with Crippen molar-refractivity contribution in [1.29, 1.82) is 0 Å². The van der Waals surface area contributed by atoms with E-state index < -0.39 is 0 Å². The monoisotopic (exact) mass is 204 g/mol. The number of fused-ring (bicyclic) bond motifs is 1. The zero-order chi connectivity index (χ0) is 8.72. The molecule has 0 aliphatic carbocycles. The Bertz CT molecular complexity index is 386. The highest BCUT2D eigenvalue weighted by Gasteiger charge is 2.18. The minimum atomic E-state index is -0.228. The maximum absolute atomic E-state index is 11.3. The van der Waals surface area contributed by atoms with Crippen LogP contribution in [-0.4, -0.2) is 9.55 Å². The van der Waals surface area contributed by atoms with Gasteiger partial charge in [0.25, 0.3) is 5.56 Å². The highest BCUT2D eigenvalue weighted by Crippen LogP contribution is 2.20. The van der Waals surface area contributed by atoms with E-state index in [4.69, 9.17) is 23.2 Å². The van der Waals surface area contributed by atoms with Crippen LogP contribution in [0.5, 0.6) is 0 Å². The van der Waals surface area contributed by atoms with Crippen molar-refractivity contribution in [1.82, 2.24) is 9.55 Å². The number of aromatic nitrogens is 2. The van der Waals surface area contributed by atoms with E-state index in [-0.39, 0.29) is 10.7 Å². The molecule has 0 N–H and O–H groups in total. The molecule has 1 aliphatic heterocycles. The molecule has 1 aromatic heterocycles. The largest absolute Gasteiger partial charge is 0.307 e. The molecular weight excluding hydrogens is 199 g/mol. The smallest absolute Gasteiger partial charge is 0.288 e. The van der Waals surface area contributed by atoms with Gasteiger partial charge in [-0.2, -0.15) is 0 Å². The van der Waals surface area contributed by atoms with Crippen molar-refractivity contribution in [3.8, 4) is 0 Å². The Labute approximate surface area is 78.9 Å². The fourth-order valence-electron chi connectivity index (χ4n) is 1.42. The molecule has 64 valence electrons. The summed E-state index contributed by atoms with van der Waals surface area (Å²) in [6.07, 6.45) is 1.76. The van der Waals surface area contributed by atoms with E-state index in [0.717, 1.165) is 18.5 Å². The van der Waals surface area contributed by atoms with Gasteiger partial charge in [-0.15, -0.1) is 0 Å². The van der Waals surface area contributed by atoms with Gasteiger partial charge < -0.3 is 4.57 Å². The normalized spacial score (nSPS) is 14.8. The third-order valence-electron chi connectivity index (χ3n) is 1.98. The average Bonchev–Trinajstić information content (AvgIpc) is 2.48. The van der Waals surface area contributed by atoms with Gasteiger partial charge in [-0.25, -0.2) is 4.98 Å². The summed E-state index contributed by atoms with van der Waals surface area (Å²) in [6, 6.07) is 0. The first-order valence-electron chi connectivity index (χ1n) is 3.65. The van der Waals surface area contributed by atoms with Crippen molar-refractivity contribution in [3.05, 3.63) is 26.4 Å². The second-order valence-corrected chi connectivity index (χ2v) is 3.42. The maximum Gasteiger partial charge on any atom is 0.288 e. The molecule has 0 fully saturated rings. The summed E-state index contributed by atoms with van der Waals surface area (Å²) in [4.78, 5) is 15.1. The van der Waals surface area contributed by atoms with E-state index in [0.29, 0.717) is 11.7 Å². The van der Waals surface area contributed by atoms with E-state index in [9.17, 15) is 4.79 Å². The van der Waals surface area contributed by atoms with Gasteiger partial charge in [-0.1, -0.05) is 23.2 Å². The van der Waals surface area contributed by atoms with E-state index in [1.54, 1.807) is 4.57 Å². The van der Waals surface area contributed by atoms with Gasteiger partial charge in [0.2, 0.25) is 0 Å². The fraction of sp³-hybridized carbons (Fsp3) is 0.429. The van der Waals surface area contributed by atoms with Crippen LogP contribution < -0.4 is 5.56 Å². The Morgan fingerprint density at radius 2 is 2.08 bits per heavy atom. The Morgan fingerprint density at radius 1 is 1.33 bits per heavy atom. The zero-order valence-corrected chi connectivity index (χ0v) is 7.69. The standard InChI is InChI=1S/C7H6Cl2N2O/c8-5-4-2-1-3-11(4)7(12)6(9)10-5/h1-3H2. The third-order valence-corrected chi connectivity index (χ3v) is 2.53. The number of rotatable bonds is 0. The minimum Gasteiger partial charge on any atom is -0.307 e. The number of halogens is 2. The molecule has 0 amide bonds. The summed E-state index contributed by atoms with van der Waals surface area (Å²) in [6.45, 7) is 0.704. The highest BCUT2D eigenvalue weighted by atomic mass is 35.5. The van der Waals surface area contributed by atoms with Crippen LogP contribution in [0.25, 0.3) is 0 Å². The number of hydrogen-bond donors (Lipinski definition) is 0. The van der Waals surface area contributed by atoms with Crippen molar-refractivity contribution in [2.24, 2.45) is 0 Å². The van der Waals surface area contributed by atoms with Crippen molar-refractivity contribution >= 4 is 23.2 Å². The molecule has 0 spiro atoms. The van der Waals surface area contributed by atoms with E-state index in [1.807, 2.05) is 0 Å². The van der Waals surface area contributed by atoms with Gasteiger partial charge in [-0.05, 0) is 12.8 Å². The first-order valence-corrected chi connectivity index (χ1v) is 4.40. The molecule has 2 rings (SSSR count). The molecule has 0 radical (unpaired) electrons. The predicted molar refractivity (Wildman–Crippen MR) is 46.8 cm³/mol. The van der Waals surface area contributed by atoms with Crippen LogP contribution in [0.4, 0.5) is 0 Å². The molecule has 0 atom stereocenters. The molecule has 1 aliphatic rings. The second kappa shape index (κ2) is 2.75. The van der Waals surface area contributed by atoms with Gasteiger partial charge in [-0.3, -0.25) is 4.79 Å². The quantitative estimate of drug-likeness (QED) is 0.643. The van der Waals surface area contributed by atoms with Crippen molar-refractivity contribution in [2.75, 3.05) is 0 Å². The van der Waals surface area contributed by atoms with E-state index >= 15 is 0 Å². The minimum absolute atomic E-state index is 0.0364. The van der Waals surface area contributed by atoms with Crippen LogP contribution in [0, 0.1) is 0 Å². The lowest BCUT2D eigenvalue weighted by atomic mass is 10.3. The SMILES string of the molecule is O=c1c(Cl)nc(Cl)c2n1CCC2. The van der Waals surface area contributed by atoms with Gasteiger partial charge >= 0.3 is 0 Å². The lowest BCUT2D eigenvalue weighted by Gasteiger charge is -2.03. The summed E-state index contributed by atoms with van der Waals surface area (Å²) in [5, 5.41) is 0.322. The Morgan fingerprint density at radius 3 is 2.83 bits per heavy atom. The zero-order valence-electron chi connectivity index (χ0n) is 6.18. The number of hydrogen-bond acceptors (Lipinski definition) is 2. The molecule has 3 nitrogen and oxygen atoms in total. The first-order chi connectivity index (χ1) is 5.70. The van der Waals surface area contributed by atoms with Gasteiger partial charge in [0.15, 0.2) is 10.3 Å². The van der Waals surface area contributed by atoms with Crippen molar-refractivity contribution in [3.63, 3.8) is 0 Å². The molecule has 0 bridgehead atoms. The summed E-state index contributed by atoms with van der Waals surface area (Å²) >= 11 is 11.4. The van der Waals surface area contributed by atoms with E-state index in [1.165, 1.54) is 0 Å². The lowest BCUT2D eigenvalue weighted by Crippen LogP contribution is -2.21. The Kier molecular flexibility index (Phi) is 1.85. The molecule has 5 heteroatoms. The van der Waals surface area contributed by atoms with Crippen molar-refractivity contribution in [2.45, 2.75) is 19.4 Å². The number of nitrogens with zero attached hydrogens (tertiary/aromatic N) is 2.